The Balaban J connectivity index is 2.02. The second kappa shape index (κ2) is 9.57. The Bertz CT molecular complexity index is 996. The van der Waals surface area contributed by atoms with Crippen LogP contribution in [0.3, 0.4) is 0 Å². The summed E-state index contributed by atoms with van der Waals surface area (Å²) >= 11 is 0. The van der Waals surface area contributed by atoms with Gasteiger partial charge < -0.3 is 10.1 Å². The summed E-state index contributed by atoms with van der Waals surface area (Å²) in [6.07, 6.45) is 0. The average molecular weight is 426 g/mol. The zero-order valence-electron chi connectivity index (χ0n) is 15.7. The van der Waals surface area contributed by atoms with Gasteiger partial charge in [0.15, 0.2) is 6.61 Å². The molecule has 2 N–H and O–H groups in total. The lowest BCUT2D eigenvalue weighted by Gasteiger charge is -2.21. The lowest BCUT2D eigenvalue weighted by atomic mass is 10.1. The van der Waals surface area contributed by atoms with Crippen molar-refractivity contribution in [3.05, 3.63) is 60.2 Å². The molecule has 156 valence electrons. The van der Waals surface area contributed by atoms with E-state index in [1.807, 2.05) is 0 Å². The van der Waals surface area contributed by atoms with Gasteiger partial charge in [0, 0.05) is 5.69 Å². The fraction of sp³-hybridized carbons (Fsp3) is 0.263. The summed E-state index contributed by atoms with van der Waals surface area (Å²) in [7, 11) is -4.34. The van der Waals surface area contributed by atoms with Gasteiger partial charge in [0.1, 0.15) is 22.6 Å². The number of amides is 1. The summed E-state index contributed by atoms with van der Waals surface area (Å²) < 4.78 is 58.7. The molecule has 0 aliphatic rings. The Hall–Kier alpha value is -2.85. The highest BCUT2D eigenvalue weighted by molar-refractivity contribution is 7.89. The summed E-state index contributed by atoms with van der Waals surface area (Å²) in [5, 5.41) is 2.34. The maximum atomic E-state index is 13.8. The van der Waals surface area contributed by atoms with Crippen LogP contribution < -0.4 is 10.0 Å². The van der Waals surface area contributed by atoms with Crippen molar-refractivity contribution in [3.63, 3.8) is 0 Å². The Kier molecular flexibility index (Phi) is 7.40. The highest BCUT2D eigenvalue weighted by Gasteiger charge is 2.31. The number of hydrogen-bond donors (Lipinski definition) is 2. The summed E-state index contributed by atoms with van der Waals surface area (Å²) in [5.74, 6) is -3.80. The number of benzene rings is 2. The molecular weight excluding hydrogens is 406 g/mol. The van der Waals surface area contributed by atoms with E-state index in [2.05, 4.69) is 10.0 Å². The fourth-order valence-corrected chi connectivity index (χ4v) is 3.75. The van der Waals surface area contributed by atoms with Crippen LogP contribution >= 0.6 is 0 Å². The van der Waals surface area contributed by atoms with Gasteiger partial charge in [-0.15, -0.1) is 0 Å². The number of nitrogens with one attached hydrogen (secondary N) is 2. The zero-order chi connectivity index (χ0) is 21.6. The van der Waals surface area contributed by atoms with Crippen LogP contribution in [0.25, 0.3) is 0 Å². The van der Waals surface area contributed by atoms with Crippen molar-refractivity contribution in [2.45, 2.75) is 24.8 Å². The van der Waals surface area contributed by atoms with E-state index in [4.69, 9.17) is 4.74 Å². The number of esters is 1. The van der Waals surface area contributed by atoms with Crippen LogP contribution in [0, 0.1) is 17.6 Å². The summed E-state index contributed by atoms with van der Waals surface area (Å²) in [4.78, 5) is 23.6. The molecule has 2 rings (SSSR count). The van der Waals surface area contributed by atoms with Crippen LogP contribution in [0.1, 0.15) is 13.8 Å². The van der Waals surface area contributed by atoms with Crippen molar-refractivity contribution < 1.29 is 31.5 Å². The van der Waals surface area contributed by atoms with Gasteiger partial charge in [0.2, 0.25) is 10.0 Å². The minimum absolute atomic E-state index is 0.173. The number of sulfonamides is 1. The van der Waals surface area contributed by atoms with Crippen molar-refractivity contribution in [1.29, 1.82) is 0 Å². The topological polar surface area (TPSA) is 102 Å². The van der Waals surface area contributed by atoms with E-state index in [1.54, 1.807) is 13.8 Å². The predicted octanol–water partition coefficient (Wildman–Crippen LogP) is 2.45. The number of hydrogen-bond acceptors (Lipinski definition) is 5. The van der Waals surface area contributed by atoms with Gasteiger partial charge >= 0.3 is 5.97 Å². The second-order valence-corrected chi connectivity index (χ2v) is 8.12. The first-order valence-corrected chi connectivity index (χ1v) is 10.1. The zero-order valence-corrected chi connectivity index (χ0v) is 16.5. The highest BCUT2D eigenvalue weighted by Crippen LogP contribution is 2.16. The molecule has 10 heteroatoms. The van der Waals surface area contributed by atoms with Gasteiger partial charge in [-0.2, -0.15) is 4.72 Å². The molecule has 0 saturated heterocycles. The third kappa shape index (κ3) is 6.33. The van der Waals surface area contributed by atoms with Crippen LogP contribution in [0.15, 0.2) is 53.4 Å². The van der Waals surface area contributed by atoms with Crippen LogP contribution in [-0.2, 0) is 24.3 Å². The maximum Gasteiger partial charge on any atom is 0.324 e. The van der Waals surface area contributed by atoms with Gasteiger partial charge in [0.25, 0.3) is 5.91 Å². The SMILES string of the molecule is CC(C)C(NS(=O)(=O)c1ccccc1F)C(=O)OCC(=O)Nc1cccc(F)c1. The molecule has 0 radical (unpaired) electrons. The van der Waals surface area contributed by atoms with Crippen molar-refractivity contribution in [1.82, 2.24) is 4.72 Å². The third-order valence-electron chi connectivity index (χ3n) is 3.78. The number of carbonyl (C=O) groups excluding carboxylic acids is 2. The van der Waals surface area contributed by atoms with E-state index in [9.17, 15) is 26.8 Å². The molecule has 0 saturated carbocycles. The van der Waals surface area contributed by atoms with Gasteiger partial charge in [-0.3, -0.25) is 9.59 Å². The molecule has 29 heavy (non-hydrogen) atoms. The third-order valence-corrected chi connectivity index (χ3v) is 5.26. The van der Waals surface area contributed by atoms with Gasteiger partial charge in [-0.05, 0) is 36.2 Å². The molecule has 0 spiro atoms. The molecule has 7 nitrogen and oxygen atoms in total. The maximum absolute atomic E-state index is 13.8. The minimum Gasteiger partial charge on any atom is -0.454 e. The molecule has 1 amide bonds. The van der Waals surface area contributed by atoms with Crippen LogP contribution in [0.5, 0.6) is 0 Å². The standard InChI is InChI=1S/C19H20F2N2O5S/c1-12(2)18(23-29(26,27)16-9-4-3-8-15(16)21)19(25)28-11-17(24)22-14-7-5-6-13(20)10-14/h3-10,12,18,23H,11H2,1-2H3,(H,22,24). The molecule has 0 bridgehead atoms. The summed E-state index contributed by atoms with van der Waals surface area (Å²) in [6.45, 7) is 2.41. The van der Waals surface area contributed by atoms with Crippen LogP contribution in [0.4, 0.5) is 14.5 Å². The average Bonchev–Trinajstić information content (AvgIpc) is 2.64. The molecule has 1 atom stereocenters. The first-order chi connectivity index (χ1) is 13.6. The molecule has 0 aliphatic heterocycles. The van der Waals surface area contributed by atoms with Crippen molar-refractivity contribution in [2.75, 3.05) is 11.9 Å². The lowest BCUT2D eigenvalue weighted by molar-refractivity contribution is -0.150. The highest BCUT2D eigenvalue weighted by atomic mass is 32.2. The van der Waals surface area contributed by atoms with E-state index in [0.717, 1.165) is 18.2 Å². The van der Waals surface area contributed by atoms with Crippen LogP contribution in [0.2, 0.25) is 0 Å². The molecule has 2 aromatic rings. The Morgan fingerprint density at radius 1 is 1.07 bits per heavy atom. The monoisotopic (exact) mass is 426 g/mol. The smallest absolute Gasteiger partial charge is 0.324 e. The van der Waals surface area contributed by atoms with E-state index in [-0.39, 0.29) is 5.69 Å². The Labute approximate surface area is 167 Å². The molecule has 2 aromatic carbocycles. The largest absolute Gasteiger partial charge is 0.454 e. The first-order valence-electron chi connectivity index (χ1n) is 8.59. The lowest BCUT2D eigenvalue weighted by Crippen LogP contribution is -2.46. The number of ether oxygens (including phenoxy) is 1. The van der Waals surface area contributed by atoms with E-state index < -0.39 is 57.0 Å². The molecule has 0 aromatic heterocycles. The van der Waals surface area contributed by atoms with Gasteiger partial charge in [0.05, 0.1) is 0 Å². The van der Waals surface area contributed by atoms with Gasteiger partial charge in [-0.25, -0.2) is 17.2 Å². The van der Waals surface area contributed by atoms with E-state index >= 15 is 0 Å². The molecule has 0 aliphatic carbocycles. The Morgan fingerprint density at radius 2 is 1.76 bits per heavy atom. The van der Waals surface area contributed by atoms with Crippen molar-refractivity contribution in [3.8, 4) is 0 Å². The molecular formula is C19H20F2N2O5S. The number of rotatable bonds is 8. The fourth-order valence-electron chi connectivity index (χ4n) is 2.34. The van der Waals surface area contributed by atoms with Crippen molar-refractivity contribution >= 4 is 27.6 Å². The predicted molar refractivity (Wildman–Crippen MR) is 101 cm³/mol. The first kappa shape index (κ1) is 22.4. The van der Waals surface area contributed by atoms with Gasteiger partial charge in [-0.1, -0.05) is 32.0 Å². The number of halogens is 2. The minimum atomic E-state index is -4.34. The van der Waals surface area contributed by atoms with E-state index in [0.29, 0.717) is 0 Å². The van der Waals surface area contributed by atoms with Crippen molar-refractivity contribution in [2.24, 2.45) is 5.92 Å². The molecule has 1 unspecified atom stereocenters. The summed E-state index contributed by atoms with van der Waals surface area (Å²) in [5.41, 5.74) is 0.173. The second-order valence-electron chi connectivity index (χ2n) is 6.44. The Morgan fingerprint density at radius 3 is 2.38 bits per heavy atom. The molecule has 0 fully saturated rings. The van der Waals surface area contributed by atoms with E-state index in [1.165, 1.54) is 30.3 Å². The van der Waals surface area contributed by atoms with Crippen LogP contribution in [-0.4, -0.2) is 32.9 Å². The number of anilines is 1. The summed E-state index contributed by atoms with van der Waals surface area (Å²) in [6, 6.07) is 8.49. The normalized spacial score (nSPS) is 12.4. The molecule has 0 heterocycles. The quantitative estimate of drug-likeness (QED) is 0.632. The number of carbonyl (C=O) groups is 2.